The van der Waals surface area contributed by atoms with E-state index in [-0.39, 0.29) is 30.6 Å². The van der Waals surface area contributed by atoms with Gasteiger partial charge in [0.15, 0.2) is 5.96 Å². The lowest BCUT2D eigenvalue weighted by Gasteiger charge is -2.15. The molecule has 0 aliphatic carbocycles. The molecule has 0 aromatic heterocycles. The smallest absolute Gasteiger partial charge is 0.191 e. The highest BCUT2D eigenvalue weighted by Crippen LogP contribution is 2.11. The van der Waals surface area contributed by atoms with Crippen molar-refractivity contribution in [2.45, 2.75) is 33.1 Å². The van der Waals surface area contributed by atoms with Gasteiger partial charge in [-0.25, -0.2) is 0 Å². The van der Waals surface area contributed by atoms with Crippen LogP contribution in [0.25, 0.3) is 0 Å². The summed E-state index contributed by atoms with van der Waals surface area (Å²) in [6.45, 7) is 7.29. The second-order valence-corrected chi connectivity index (χ2v) is 5.47. The van der Waals surface area contributed by atoms with E-state index in [4.69, 9.17) is 9.84 Å². The summed E-state index contributed by atoms with van der Waals surface area (Å²) in [7, 11) is 0. The van der Waals surface area contributed by atoms with E-state index in [2.05, 4.69) is 29.5 Å². The van der Waals surface area contributed by atoms with Crippen LogP contribution in [0.3, 0.4) is 0 Å². The SMILES string of the molecule is CCCC(CCO)CN=C(NCC)NCCOc1ccccc1.I. The molecule has 6 heteroatoms. The maximum Gasteiger partial charge on any atom is 0.191 e. The van der Waals surface area contributed by atoms with E-state index >= 15 is 0 Å². The van der Waals surface area contributed by atoms with Crippen molar-refractivity contribution in [2.24, 2.45) is 10.9 Å². The van der Waals surface area contributed by atoms with Gasteiger partial charge in [0.2, 0.25) is 0 Å². The van der Waals surface area contributed by atoms with Gasteiger partial charge >= 0.3 is 0 Å². The van der Waals surface area contributed by atoms with Gasteiger partial charge in [0, 0.05) is 19.7 Å². The number of para-hydroxylation sites is 1. The number of rotatable bonds is 11. The molecule has 1 rings (SSSR count). The van der Waals surface area contributed by atoms with E-state index in [1.54, 1.807) is 0 Å². The van der Waals surface area contributed by atoms with Crippen molar-refractivity contribution in [2.75, 3.05) is 32.8 Å². The highest BCUT2D eigenvalue weighted by molar-refractivity contribution is 14.0. The fraction of sp³-hybridized carbons (Fsp3) is 0.611. The molecule has 5 nitrogen and oxygen atoms in total. The molecule has 0 heterocycles. The Morgan fingerprint density at radius 1 is 1.17 bits per heavy atom. The van der Waals surface area contributed by atoms with Crippen LogP contribution < -0.4 is 15.4 Å². The first-order chi connectivity index (χ1) is 11.3. The van der Waals surface area contributed by atoms with Crippen LogP contribution in [-0.4, -0.2) is 43.9 Å². The van der Waals surface area contributed by atoms with Gasteiger partial charge in [-0.05, 0) is 37.8 Å². The van der Waals surface area contributed by atoms with E-state index in [1.807, 2.05) is 30.3 Å². The molecule has 1 aromatic rings. The normalized spacial score (nSPS) is 12.2. The van der Waals surface area contributed by atoms with Crippen molar-refractivity contribution >= 4 is 29.9 Å². The first kappa shape index (κ1) is 23.0. The van der Waals surface area contributed by atoms with Crippen LogP contribution in [0.4, 0.5) is 0 Å². The first-order valence-electron chi connectivity index (χ1n) is 8.61. The van der Waals surface area contributed by atoms with Crippen LogP contribution in [-0.2, 0) is 0 Å². The lowest BCUT2D eigenvalue weighted by molar-refractivity contribution is 0.253. The number of hydrogen-bond donors (Lipinski definition) is 3. The Bertz CT molecular complexity index is 424. The minimum absolute atomic E-state index is 0. The van der Waals surface area contributed by atoms with Gasteiger partial charge < -0.3 is 20.5 Å². The Morgan fingerprint density at radius 2 is 1.92 bits per heavy atom. The van der Waals surface area contributed by atoms with Gasteiger partial charge in [-0.3, -0.25) is 4.99 Å². The van der Waals surface area contributed by atoms with Crippen molar-refractivity contribution in [3.8, 4) is 5.75 Å². The number of nitrogens with zero attached hydrogens (tertiary/aromatic N) is 1. The van der Waals surface area contributed by atoms with Crippen molar-refractivity contribution in [3.63, 3.8) is 0 Å². The summed E-state index contributed by atoms with van der Waals surface area (Å²) >= 11 is 0. The molecule has 0 fully saturated rings. The Labute approximate surface area is 163 Å². The quantitative estimate of drug-likeness (QED) is 0.210. The van der Waals surface area contributed by atoms with Crippen LogP contribution in [0.2, 0.25) is 0 Å². The van der Waals surface area contributed by atoms with Gasteiger partial charge in [-0.15, -0.1) is 24.0 Å². The average molecular weight is 449 g/mol. The van der Waals surface area contributed by atoms with Gasteiger partial charge in [0.25, 0.3) is 0 Å². The number of nitrogens with one attached hydrogen (secondary N) is 2. The summed E-state index contributed by atoms with van der Waals surface area (Å²) in [4.78, 5) is 4.62. The number of aliphatic imine (C=N–C) groups is 1. The summed E-state index contributed by atoms with van der Waals surface area (Å²) in [5.41, 5.74) is 0. The topological polar surface area (TPSA) is 65.9 Å². The Balaban J connectivity index is 0.00000529. The highest BCUT2D eigenvalue weighted by atomic mass is 127. The molecule has 0 spiro atoms. The number of aliphatic hydroxyl groups is 1. The Morgan fingerprint density at radius 3 is 2.54 bits per heavy atom. The molecule has 0 aliphatic rings. The third kappa shape index (κ3) is 10.7. The molecule has 0 radical (unpaired) electrons. The molecule has 0 aliphatic heterocycles. The van der Waals surface area contributed by atoms with E-state index in [9.17, 15) is 0 Å². The van der Waals surface area contributed by atoms with E-state index in [1.165, 1.54) is 0 Å². The molecule has 138 valence electrons. The van der Waals surface area contributed by atoms with Crippen molar-refractivity contribution in [1.29, 1.82) is 0 Å². The van der Waals surface area contributed by atoms with Crippen LogP contribution >= 0.6 is 24.0 Å². The number of guanidine groups is 1. The van der Waals surface area contributed by atoms with E-state index < -0.39 is 0 Å². The number of halogens is 1. The van der Waals surface area contributed by atoms with Crippen LogP contribution in [0.1, 0.15) is 33.1 Å². The Hall–Kier alpha value is -1.02. The van der Waals surface area contributed by atoms with Gasteiger partial charge in [-0.2, -0.15) is 0 Å². The van der Waals surface area contributed by atoms with Gasteiger partial charge in [-0.1, -0.05) is 31.5 Å². The fourth-order valence-electron chi connectivity index (χ4n) is 2.33. The van der Waals surface area contributed by atoms with Gasteiger partial charge in [0.1, 0.15) is 12.4 Å². The molecule has 0 saturated carbocycles. The maximum absolute atomic E-state index is 9.12. The van der Waals surface area contributed by atoms with Crippen molar-refractivity contribution in [1.82, 2.24) is 10.6 Å². The molecule has 0 bridgehead atoms. The second-order valence-electron chi connectivity index (χ2n) is 5.47. The second kappa shape index (κ2) is 15.5. The van der Waals surface area contributed by atoms with E-state index in [0.29, 0.717) is 19.1 Å². The summed E-state index contributed by atoms with van der Waals surface area (Å²) in [6, 6.07) is 9.79. The number of benzene rings is 1. The molecule has 0 saturated heterocycles. The molecule has 24 heavy (non-hydrogen) atoms. The Kier molecular flexibility index (Phi) is 14.8. The summed E-state index contributed by atoms with van der Waals surface area (Å²) < 4.78 is 5.66. The minimum atomic E-state index is 0. The molecule has 1 atom stereocenters. The summed E-state index contributed by atoms with van der Waals surface area (Å²) in [6.07, 6.45) is 3.03. The lowest BCUT2D eigenvalue weighted by Crippen LogP contribution is -2.39. The third-order valence-electron chi connectivity index (χ3n) is 3.49. The molecule has 0 amide bonds. The van der Waals surface area contributed by atoms with Crippen LogP contribution in [0.15, 0.2) is 35.3 Å². The monoisotopic (exact) mass is 449 g/mol. The lowest BCUT2D eigenvalue weighted by atomic mass is 10.0. The largest absolute Gasteiger partial charge is 0.492 e. The zero-order valence-electron chi connectivity index (χ0n) is 14.8. The standard InChI is InChI=1S/C18H31N3O2.HI/c1-3-8-16(11-13-22)15-21-18(19-4-2)20-12-14-23-17-9-6-5-7-10-17;/h5-7,9-10,16,22H,3-4,8,11-15H2,1-2H3,(H2,19,20,21);1H. The molecular formula is C18H32IN3O2. The van der Waals surface area contributed by atoms with Gasteiger partial charge in [0.05, 0.1) is 6.54 Å². The maximum atomic E-state index is 9.12. The molecule has 1 unspecified atom stereocenters. The molecule has 1 aromatic carbocycles. The highest BCUT2D eigenvalue weighted by Gasteiger charge is 2.07. The molecular weight excluding hydrogens is 417 g/mol. The van der Waals surface area contributed by atoms with Crippen molar-refractivity contribution in [3.05, 3.63) is 30.3 Å². The third-order valence-corrected chi connectivity index (χ3v) is 3.49. The van der Waals surface area contributed by atoms with Crippen LogP contribution in [0.5, 0.6) is 5.75 Å². The van der Waals surface area contributed by atoms with Crippen molar-refractivity contribution < 1.29 is 9.84 Å². The van der Waals surface area contributed by atoms with Crippen LogP contribution in [0, 0.1) is 5.92 Å². The zero-order valence-corrected chi connectivity index (χ0v) is 17.2. The zero-order chi connectivity index (χ0) is 16.8. The number of hydrogen-bond acceptors (Lipinski definition) is 3. The van der Waals surface area contributed by atoms with E-state index in [0.717, 1.165) is 44.1 Å². The minimum Gasteiger partial charge on any atom is -0.492 e. The summed E-state index contributed by atoms with van der Waals surface area (Å²) in [5.74, 6) is 2.13. The average Bonchev–Trinajstić information content (AvgIpc) is 2.57. The summed E-state index contributed by atoms with van der Waals surface area (Å²) in [5, 5.41) is 15.6. The first-order valence-corrected chi connectivity index (χ1v) is 8.61. The number of aliphatic hydroxyl groups excluding tert-OH is 1. The predicted octanol–water partition coefficient (Wildman–Crippen LogP) is 3.04. The predicted molar refractivity (Wildman–Crippen MR) is 111 cm³/mol. The molecule has 3 N–H and O–H groups in total. The number of ether oxygens (including phenoxy) is 1. The fourth-order valence-corrected chi connectivity index (χ4v) is 2.33.